The van der Waals surface area contributed by atoms with Crippen LogP contribution in [0.3, 0.4) is 0 Å². The minimum atomic E-state index is -0.0595. The van der Waals surface area contributed by atoms with Gasteiger partial charge in [0.25, 0.3) is 5.91 Å². The molecule has 0 radical (unpaired) electrons. The van der Waals surface area contributed by atoms with Gasteiger partial charge in [-0.15, -0.1) is 0 Å². The summed E-state index contributed by atoms with van der Waals surface area (Å²) in [6.45, 7) is 1.98. The zero-order valence-electron chi connectivity index (χ0n) is 7.02. The monoisotopic (exact) mass is 227 g/mol. The molecule has 0 heterocycles. The average molecular weight is 228 g/mol. The quantitative estimate of drug-likeness (QED) is 0.783. The predicted octanol–water partition coefficient (Wildman–Crippen LogP) is 2.12. The fourth-order valence-corrected chi connectivity index (χ4v) is 1.26. The Morgan fingerprint density at radius 2 is 2.17 bits per heavy atom. The van der Waals surface area contributed by atoms with E-state index in [-0.39, 0.29) is 5.91 Å². The lowest BCUT2D eigenvalue weighted by Gasteiger charge is -2.01. The van der Waals surface area contributed by atoms with Crippen molar-refractivity contribution in [3.8, 4) is 0 Å². The molecule has 1 N–H and O–H groups in total. The molecule has 64 valence electrons. The highest BCUT2D eigenvalue weighted by Crippen LogP contribution is 2.17. The summed E-state index contributed by atoms with van der Waals surface area (Å²) in [5, 5.41) is 2.57. The molecule has 1 rings (SSSR count). The van der Waals surface area contributed by atoms with Crippen molar-refractivity contribution in [2.24, 2.45) is 0 Å². The van der Waals surface area contributed by atoms with E-state index < -0.39 is 0 Å². The zero-order chi connectivity index (χ0) is 9.14. The standard InChI is InChI=1S/C9H10BrNO/c1-6-3-4-7(5-8(6)10)9(12)11-2/h3-5H,1-2H3,(H,11,12). The molecule has 12 heavy (non-hydrogen) atoms. The van der Waals surface area contributed by atoms with E-state index in [4.69, 9.17) is 0 Å². The van der Waals surface area contributed by atoms with Gasteiger partial charge in [0, 0.05) is 17.1 Å². The molecule has 0 bridgehead atoms. The second-order valence-electron chi connectivity index (χ2n) is 2.54. The first kappa shape index (κ1) is 9.26. The van der Waals surface area contributed by atoms with Crippen LogP contribution in [0.15, 0.2) is 22.7 Å². The molecule has 0 aliphatic heterocycles. The van der Waals surface area contributed by atoms with Crippen molar-refractivity contribution < 1.29 is 4.79 Å². The van der Waals surface area contributed by atoms with E-state index in [0.29, 0.717) is 5.56 Å². The van der Waals surface area contributed by atoms with Crippen LogP contribution in [-0.2, 0) is 0 Å². The highest BCUT2D eigenvalue weighted by molar-refractivity contribution is 9.10. The van der Waals surface area contributed by atoms with Gasteiger partial charge in [0.05, 0.1) is 0 Å². The molecular weight excluding hydrogens is 218 g/mol. The Bertz CT molecular complexity index is 309. The third-order valence-corrected chi connectivity index (χ3v) is 2.52. The molecule has 0 unspecified atom stereocenters. The molecule has 0 atom stereocenters. The molecule has 0 aromatic heterocycles. The van der Waals surface area contributed by atoms with Gasteiger partial charge in [-0.1, -0.05) is 22.0 Å². The average Bonchev–Trinajstić information content (AvgIpc) is 2.08. The number of hydrogen-bond donors (Lipinski definition) is 1. The minimum Gasteiger partial charge on any atom is -0.355 e. The number of aryl methyl sites for hydroxylation is 1. The number of hydrogen-bond acceptors (Lipinski definition) is 1. The molecule has 1 aromatic rings. The molecule has 3 heteroatoms. The van der Waals surface area contributed by atoms with E-state index in [1.807, 2.05) is 19.1 Å². The van der Waals surface area contributed by atoms with Crippen molar-refractivity contribution in [1.29, 1.82) is 0 Å². The van der Waals surface area contributed by atoms with Gasteiger partial charge >= 0.3 is 0 Å². The summed E-state index contributed by atoms with van der Waals surface area (Å²) in [6.07, 6.45) is 0. The summed E-state index contributed by atoms with van der Waals surface area (Å²) in [6, 6.07) is 5.53. The summed E-state index contributed by atoms with van der Waals surface area (Å²) in [5.41, 5.74) is 1.80. The maximum atomic E-state index is 11.1. The first-order valence-electron chi connectivity index (χ1n) is 3.63. The van der Waals surface area contributed by atoms with Crippen LogP contribution in [0.5, 0.6) is 0 Å². The molecule has 1 amide bonds. The smallest absolute Gasteiger partial charge is 0.251 e. The Labute approximate surface area is 80.1 Å². The van der Waals surface area contributed by atoms with Crippen molar-refractivity contribution in [3.63, 3.8) is 0 Å². The van der Waals surface area contributed by atoms with Crippen LogP contribution in [0.2, 0.25) is 0 Å². The zero-order valence-corrected chi connectivity index (χ0v) is 8.60. The Balaban J connectivity index is 3.05. The van der Waals surface area contributed by atoms with Crippen LogP contribution in [0.4, 0.5) is 0 Å². The first-order chi connectivity index (χ1) is 5.65. The number of halogens is 1. The van der Waals surface area contributed by atoms with E-state index in [0.717, 1.165) is 10.0 Å². The number of carbonyl (C=O) groups excluding carboxylic acids is 1. The van der Waals surface area contributed by atoms with Gasteiger partial charge in [0.15, 0.2) is 0 Å². The lowest BCUT2D eigenvalue weighted by Crippen LogP contribution is -2.17. The lowest BCUT2D eigenvalue weighted by molar-refractivity contribution is 0.0963. The predicted molar refractivity (Wildman–Crippen MR) is 52.3 cm³/mol. The van der Waals surface area contributed by atoms with Gasteiger partial charge in [0.2, 0.25) is 0 Å². The molecule has 0 spiro atoms. The van der Waals surface area contributed by atoms with Gasteiger partial charge in [-0.05, 0) is 24.6 Å². The third kappa shape index (κ3) is 1.85. The Kier molecular flexibility index (Phi) is 2.87. The number of nitrogens with one attached hydrogen (secondary N) is 1. The summed E-state index contributed by atoms with van der Waals surface area (Å²) < 4.78 is 0.962. The largest absolute Gasteiger partial charge is 0.355 e. The van der Waals surface area contributed by atoms with Crippen molar-refractivity contribution in [2.75, 3.05) is 7.05 Å². The van der Waals surface area contributed by atoms with E-state index in [9.17, 15) is 4.79 Å². The SMILES string of the molecule is CNC(=O)c1ccc(C)c(Br)c1. The Hall–Kier alpha value is -0.830. The van der Waals surface area contributed by atoms with E-state index >= 15 is 0 Å². The van der Waals surface area contributed by atoms with Crippen LogP contribution in [0.25, 0.3) is 0 Å². The van der Waals surface area contributed by atoms with Crippen molar-refractivity contribution >= 4 is 21.8 Å². The number of benzene rings is 1. The Morgan fingerprint density at radius 3 is 2.67 bits per heavy atom. The lowest BCUT2D eigenvalue weighted by atomic mass is 10.1. The van der Waals surface area contributed by atoms with Crippen LogP contribution in [0, 0.1) is 6.92 Å². The summed E-state index contributed by atoms with van der Waals surface area (Å²) >= 11 is 3.36. The molecule has 0 aliphatic carbocycles. The van der Waals surface area contributed by atoms with Gasteiger partial charge in [-0.25, -0.2) is 0 Å². The first-order valence-corrected chi connectivity index (χ1v) is 4.42. The normalized spacial score (nSPS) is 9.58. The summed E-state index contributed by atoms with van der Waals surface area (Å²) in [5.74, 6) is -0.0595. The van der Waals surface area contributed by atoms with Crippen molar-refractivity contribution in [1.82, 2.24) is 5.32 Å². The van der Waals surface area contributed by atoms with Gasteiger partial charge in [-0.3, -0.25) is 4.79 Å². The van der Waals surface area contributed by atoms with E-state index in [2.05, 4.69) is 21.2 Å². The van der Waals surface area contributed by atoms with Gasteiger partial charge in [0.1, 0.15) is 0 Å². The van der Waals surface area contributed by atoms with Crippen LogP contribution in [0.1, 0.15) is 15.9 Å². The summed E-state index contributed by atoms with van der Waals surface area (Å²) in [4.78, 5) is 11.1. The highest BCUT2D eigenvalue weighted by atomic mass is 79.9. The minimum absolute atomic E-state index is 0.0595. The molecule has 1 aromatic carbocycles. The summed E-state index contributed by atoms with van der Waals surface area (Å²) in [7, 11) is 1.62. The number of amides is 1. The number of rotatable bonds is 1. The maximum Gasteiger partial charge on any atom is 0.251 e. The highest BCUT2D eigenvalue weighted by Gasteiger charge is 2.03. The van der Waals surface area contributed by atoms with E-state index in [1.165, 1.54) is 0 Å². The fraction of sp³-hybridized carbons (Fsp3) is 0.222. The molecule has 0 aliphatic rings. The molecular formula is C9H10BrNO. The Morgan fingerprint density at radius 1 is 1.50 bits per heavy atom. The van der Waals surface area contributed by atoms with Crippen molar-refractivity contribution in [2.45, 2.75) is 6.92 Å². The molecule has 0 fully saturated rings. The van der Waals surface area contributed by atoms with Crippen LogP contribution >= 0.6 is 15.9 Å². The van der Waals surface area contributed by atoms with Gasteiger partial charge < -0.3 is 5.32 Å². The van der Waals surface area contributed by atoms with Gasteiger partial charge in [-0.2, -0.15) is 0 Å². The molecule has 0 saturated carbocycles. The second kappa shape index (κ2) is 3.72. The fourth-order valence-electron chi connectivity index (χ4n) is 0.878. The van der Waals surface area contributed by atoms with E-state index in [1.54, 1.807) is 13.1 Å². The topological polar surface area (TPSA) is 29.1 Å². The van der Waals surface area contributed by atoms with Crippen LogP contribution < -0.4 is 5.32 Å². The van der Waals surface area contributed by atoms with Crippen LogP contribution in [-0.4, -0.2) is 13.0 Å². The maximum absolute atomic E-state index is 11.1. The molecule has 0 saturated heterocycles. The van der Waals surface area contributed by atoms with Crippen molar-refractivity contribution in [3.05, 3.63) is 33.8 Å². The molecule has 2 nitrogen and oxygen atoms in total. The number of carbonyl (C=O) groups is 1. The third-order valence-electron chi connectivity index (χ3n) is 1.66. The second-order valence-corrected chi connectivity index (χ2v) is 3.40.